The van der Waals surface area contributed by atoms with Crippen molar-refractivity contribution >= 4 is 39.1 Å². The lowest BCUT2D eigenvalue weighted by molar-refractivity contribution is -0.140. The SMILES string of the molecule is CCNC(=O)[C@@H](Cc1ccccc1)N(Cc1cccc(C)c1)C(=O)CN(c1ccccc1Cl)S(=O)(=O)c1ccccc1. The second-order valence-corrected chi connectivity index (χ2v) is 12.2. The van der Waals surface area contributed by atoms with Gasteiger partial charge in [-0.2, -0.15) is 0 Å². The number of hydrogen-bond acceptors (Lipinski definition) is 4. The number of carbonyl (C=O) groups excluding carboxylic acids is 2. The Morgan fingerprint density at radius 1 is 0.833 bits per heavy atom. The minimum Gasteiger partial charge on any atom is -0.355 e. The third kappa shape index (κ3) is 7.57. The van der Waals surface area contributed by atoms with Gasteiger partial charge in [-0.15, -0.1) is 0 Å². The molecule has 4 aromatic rings. The first-order chi connectivity index (χ1) is 20.2. The molecule has 0 fully saturated rings. The molecule has 4 rings (SSSR count). The number of hydrogen-bond donors (Lipinski definition) is 1. The second-order valence-electron chi connectivity index (χ2n) is 9.89. The number of rotatable bonds is 12. The lowest BCUT2D eigenvalue weighted by atomic mass is 10.0. The Balaban J connectivity index is 1.80. The minimum atomic E-state index is -4.20. The van der Waals surface area contributed by atoms with Gasteiger partial charge in [0, 0.05) is 19.5 Å². The highest BCUT2D eigenvalue weighted by atomic mass is 35.5. The van der Waals surface area contributed by atoms with E-state index in [9.17, 15) is 18.0 Å². The molecular weight excluding hydrogens is 570 g/mol. The van der Waals surface area contributed by atoms with Crippen molar-refractivity contribution in [1.29, 1.82) is 0 Å². The van der Waals surface area contributed by atoms with Crippen LogP contribution in [0, 0.1) is 6.92 Å². The molecule has 0 radical (unpaired) electrons. The second kappa shape index (κ2) is 14.2. The Bertz CT molecular complexity index is 1610. The fourth-order valence-corrected chi connectivity index (χ4v) is 6.48. The van der Waals surface area contributed by atoms with Gasteiger partial charge in [0.2, 0.25) is 11.8 Å². The quantitative estimate of drug-likeness (QED) is 0.228. The maximum atomic E-state index is 14.3. The van der Waals surface area contributed by atoms with E-state index in [1.807, 2.05) is 68.4 Å². The van der Waals surface area contributed by atoms with Crippen LogP contribution in [0.4, 0.5) is 5.69 Å². The summed E-state index contributed by atoms with van der Waals surface area (Å²) in [6, 6.07) is 30.6. The first-order valence-corrected chi connectivity index (χ1v) is 15.5. The first kappa shape index (κ1) is 30.8. The molecule has 2 amide bonds. The molecular formula is C33H34ClN3O4S. The number of nitrogens with one attached hydrogen (secondary N) is 1. The molecule has 0 aromatic heterocycles. The third-order valence-electron chi connectivity index (χ3n) is 6.79. The number of halogens is 1. The summed E-state index contributed by atoms with van der Waals surface area (Å²) in [6.07, 6.45) is 0.252. The summed E-state index contributed by atoms with van der Waals surface area (Å²) in [6.45, 7) is 3.70. The Morgan fingerprint density at radius 2 is 1.45 bits per heavy atom. The van der Waals surface area contributed by atoms with Gasteiger partial charge in [-0.05, 0) is 49.2 Å². The van der Waals surface area contributed by atoms with Gasteiger partial charge >= 0.3 is 0 Å². The molecule has 218 valence electrons. The number of aryl methyl sites for hydroxylation is 1. The highest BCUT2D eigenvalue weighted by Crippen LogP contribution is 2.31. The largest absolute Gasteiger partial charge is 0.355 e. The Labute approximate surface area is 252 Å². The topological polar surface area (TPSA) is 86.8 Å². The van der Waals surface area contributed by atoms with E-state index in [0.717, 1.165) is 21.0 Å². The Kier molecular flexibility index (Phi) is 10.4. The van der Waals surface area contributed by atoms with E-state index in [4.69, 9.17) is 11.6 Å². The van der Waals surface area contributed by atoms with Crippen molar-refractivity contribution < 1.29 is 18.0 Å². The van der Waals surface area contributed by atoms with Gasteiger partial charge in [0.05, 0.1) is 15.6 Å². The van der Waals surface area contributed by atoms with E-state index >= 15 is 0 Å². The van der Waals surface area contributed by atoms with Crippen LogP contribution in [0.2, 0.25) is 5.02 Å². The van der Waals surface area contributed by atoms with Gasteiger partial charge in [-0.1, -0.05) is 102 Å². The van der Waals surface area contributed by atoms with Crippen molar-refractivity contribution in [2.24, 2.45) is 0 Å². The van der Waals surface area contributed by atoms with E-state index in [1.54, 1.807) is 42.5 Å². The molecule has 1 atom stereocenters. The molecule has 4 aromatic carbocycles. The van der Waals surface area contributed by atoms with E-state index in [0.29, 0.717) is 6.54 Å². The van der Waals surface area contributed by atoms with E-state index in [-0.39, 0.29) is 34.5 Å². The van der Waals surface area contributed by atoms with Gasteiger partial charge in [0.1, 0.15) is 12.6 Å². The van der Waals surface area contributed by atoms with Gasteiger partial charge < -0.3 is 10.2 Å². The highest BCUT2D eigenvalue weighted by Gasteiger charge is 2.35. The van der Waals surface area contributed by atoms with Crippen molar-refractivity contribution in [1.82, 2.24) is 10.2 Å². The monoisotopic (exact) mass is 603 g/mol. The van der Waals surface area contributed by atoms with Crippen molar-refractivity contribution in [2.75, 3.05) is 17.4 Å². The molecule has 0 spiro atoms. The maximum absolute atomic E-state index is 14.3. The summed E-state index contributed by atoms with van der Waals surface area (Å²) in [4.78, 5) is 29.4. The van der Waals surface area contributed by atoms with Crippen LogP contribution < -0.4 is 9.62 Å². The van der Waals surface area contributed by atoms with Crippen molar-refractivity contribution in [3.05, 3.63) is 131 Å². The van der Waals surface area contributed by atoms with E-state index < -0.39 is 28.5 Å². The molecule has 0 aliphatic carbocycles. The summed E-state index contributed by atoms with van der Waals surface area (Å²) in [5.74, 6) is -0.860. The molecule has 0 aliphatic heterocycles. The normalized spacial score (nSPS) is 11.9. The molecule has 0 bridgehead atoms. The Hall–Kier alpha value is -4.14. The van der Waals surface area contributed by atoms with Gasteiger partial charge in [0.25, 0.3) is 10.0 Å². The van der Waals surface area contributed by atoms with E-state index in [1.165, 1.54) is 17.0 Å². The number of sulfonamides is 1. The molecule has 7 nitrogen and oxygen atoms in total. The lowest BCUT2D eigenvalue weighted by Crippen LogP contribution is -2.53. The standard InChI is InChI=1S/C33H34ClN3O4S/c1-3-35-33(39)31(22-26-14-6-4-7-15-26)36(23-27-16-12-13-25(2)21-27)32(38)24-37(30-20-11-10-19-29(30)34)42(40,41)28-17-8-5-9-18-28/h4-21,31H,3,22-24H2,1-2H3,(H,35,39)/t31-/m1/s1. The highest BCUT2D eigenvalue weighted by molar-refractivity contribution is 7.92. The van der Waals surface area contributed by atoms with Crippen LogP contribution in [0.25, 0.3) is 0 Å². The van der Waals surface area contributed by atoms with Crippen molar-refractivity contribution in [3.8, 4) is 0 Å². The molecule has 0 unspecified atom stereocenters. The van der Waals surface area contributed by atoms with Crippen LogP contribution >= 0.6 is 11.6 Å². The minimum absolute atomic E-state index is 0.0208. The van der Waals surface area contributed by atoms with Crippen molar-refractivity contribution in [2.45, 2.75) is 37.8 Å². The number of para-hydroxylation sites is 1. The fourth-order valence-electron chi connectivity index (χ4n) is 4.74. The van der Waals surface area contributed by atoms with Gasteiger partial charge in [-0.25, -0.2) is 8.42 Å². The number of amides is 2. The molecule has 1 N–H and O–H groups in total. The zero-order valence-corrected chi connectivity index (χ0v) is 25.2. The number of carbonyl (C=O) groups is 2. The molecule has 0 aliphatic rings. The van der Waals surface area contributed by atoms with Gasteiger partial charge in [-0.3, -0.25) is 13.9 Å². The van der Waals surface area contributed by atoms with E-state index in [2.05, 4.69) is 5.32 Å². The lowest BCUT2D eigenvalue weighted by Gasteiger charge is -2.34. The zero-order valence-electron chi connectivity index (χ0n) is 23.6. The van der Waals surface area contributed by atoms with Gasteiger partial charge in [0.15, 0.2) is 0 Å². The first-order valence-electron chi connectivity index (χ1n) is 13.7. The van der Waals surface area contributed by atoms with Crippen LogP contribution in [0.1, 0.15) is 23.6 Å². The van der Waals surface area contributed by atoms with Crippen LogP contribution in [0.3, 0.4) is 0 Å². The number of likely N-dealkylation sites (N-methyl/N-ethyl adjacent to an activating group) is 1. The average Bonchev–Trinajstić information content (AvgIpc) is 2.99. The molecule has 9 heteroatoms. The number of anilines is 1. The summed E-state index contributed by atoms with van der Waals surface area (Å²) in [7, 11) is -4.20. The predicted molar refractivity (Wildman–Crippen MR) is 167 cm³/mol. The fraction of sp³-hybridized carbons (Fsp3) is 0.212. The molecule has 0 saturated heterocycles. The number of nitrogens with zero attached hydrogens (tertiary/aromatic N) is 2. The molecule has 0 heterocycles. The summed E-state index contributed by atoms with van der Waals surface area (Å²) in [5.41, 5.74) is 2.86. The van der Waals surface area contributed by atoms with Crippen LogP contribution in [0.15, 0.2) is 114 Å². The Morgan fingerprint density at radius 3 is 2.10 bits per heavy atom. The summed E-state index contributed by atoms with van der Waals surface area (Å²) < 4.78 is 28.9. The third-order valence-corrected chi connectivity index (χ3v) is 8.88. The smallest absolute Gasteiger partial charge is 0.264 e. The zero-order chi connectivity index (χ0) is 30.1. The maximum Gasteiger partial charge on any atom is 0.264 e. The summed E-state index contributed by atoms with van der Waals surface area (Å²) >= 11 is 6.49. The number of benzene rings is 4. The molecule has 0 saturated carbocycles. The van der Waals surface area contributed by atoms with Crippen LogP contribution in [-0.4, -0.2) is 44.3 Å². The summed E-state index contributed by atoms with van der Waals surface area (Å²) in [5, 5.41) is 3.04. The van der Waals surface area contributed by atoms with Crippen LogP contribution in [-0.2, 0) is 32.6 Å². The predicted octanol–water partition coefficient (Wildman–Crippen LogP) is 5.62. The van der Waals surface area contributed by atoms with Crippen molar-refractivity contribution in [3.63, 3.8) is 0 Å². The average molecular weight is 604 g/mol. The molecule has 42 heavy (non-hydrogen) atoms. The van der Waals surface area contributed by atoms with Crippen LogP contribution in [0.5, 0.6) is 0 Å².